The van der Waals surface area contributed by atoms with Gasteiger partial charge >= 0.3 is 0 Å². The van der Waals surface area contributed by atoms with Crippen LogP contribution < -0.4 is 4.74 Å². The molecule has 0 saturated heterocycles. The first-order chi connectivity index (χ1) is 8.70. The van der Waals surface area contributed by atoms with Gasteiger partial charge in [-0.1, -0.05) is 43.3 Å². The smallest absolute Gasteiger partial charge is 0.122 e. The highest BCUT2D eigenvalue weighted by molar-refractivity contribution is 5.33. The minimum absolute atomic E-state index is 0.637. The highest BCUT2D eigenvalue weighted by atomic mass is 16.5. The van der Waals surface area contributed by atoms with Gasteiger partial charge in [-0.15, -0.1) is 0 Å². The molecular weight excluding hydrogens is 220 g/mol. The summed E-state index contributed by atoms with van der Waals surface area (Å²) in [5, 5.41) is 0. The maximum Gasteiger partial charge on any atom is 0.122 e. The van der Waals surface area contributed by atoms with Crippen LogP contribution in [0.3, 0.4) is 0 Å². The molecule has 0 saturated carbocycles. The number of rotatable bonds is 4. The van der Waals surface area contributed by atoms with Gasteiger partial charge in [0.25, 0.3) is 0 Å². The molecule has 2 rings (SSSR count). The van der Waals surface area contributed by atoms with Gasteiger partial charge in [0.05, 0.1) is 0 Å². The van der Waals surface area contributed by atoms with E-state index in [4.69, 9.17) is 4.74 Å². The minimum atomic E-state index is 0.637. The topological polar surface area (TPSA) is 9.23 Å². The molecule has 0 aliphatic rings. The predicted molar refractivity (Wildman–Crippen MR) is 76.1 cm³/mol. The van der Waals surface area contributed by atoms with Gasteiger partial charge in [0, 0.05) is 0 Å². The fourth-order valence-corrected chi connectivity index (χ4v) is 2.07. The van der Waals surface area contributed by atoms with Gasteiger partial charge in [0.15, 0.2) is 0 Å². The fraction of sp³-hybridized carbons (Fsp3) is 0.294. The molecule has 0 heterocycles. The Bertz CT molecular complexity index is 529. The third-order valence-electron chi connectivity index (χ3n) is 3.28. The molecule has 94 valence electrons. The Kier molecular flexibility index (Phi) is 4.03. The van der Waals surface area contributed by atoms with Gasteiger partial charge < -0.3 is 4.74 Å². The van der Waals surface area contributed by atoms with Crippen molar-refractivity contribution in [1.29, 1.82) is 0 Å². The van der Waals surface area contributed by atoms with Gasteiger partial charge in [-0.3, -0.25) is 0 Å². The molecule has 0 aromatic heterocycles. The van der Waals surface area contributed by atoms with E-state index in [0.29, 0.717) is 6.61 Å². The van der Waals surface area contributed by atoms with E-state index in [1.165, 1.54) is 22.3 Å². The summed E-state index contributed by atoms with van der Waals surface area (Å²) in [7, 11) is 0. The van der Waals surface area contributed by atoms with Crippen molar-refractivity contribution in [1.82, 2.24) is 0 Å². The molecule has 18 heavy (non-hydrogen) atoms. The Morgan fingerprint density at radius 1 is 0.944 bits per heavy atom. The van der Waals surface area contributed by atoms with Crippen LogP contribution in [0.25, 0.3) is 0 Å². The van der Waals surface area contributed by atoms with E-state index in [1.807, 2.05) is 18.2 Å². The molecule has 1 nitrogen and oxygen atoms in total. The SMILES string of the molecule is CCc1cc(COc2ccccc2C)ccc1C. The lowest BCUT2D eigenvalue weighted by Crippen LogP contribution is -1.98. The van der Waals surface area contributed by atoms with Crippen molar-refractivity contribution < 1.29 is 4.74 Å². The average Bonchev–Trinajstić information content (AvgIpc) is 2.39. The summed E-state index contributed by atoms with van der Waals surface area (Å²) >= 11 is 0. The Labute approximate surface area is 109 Å². The number of aryl methyl sites for hydroxylation is 3. The van der Waals surface area contributed by atoms with Crippen LogP contribution in [0.4, 0.5) is 0 Å². The second-order valence-corrected chi connectivity index (χ2v) is 4.67. The molecule has 0 radical (unpaired) electrons. The molecule has 0 aliphatic heterocycles. The van der Waals surface area contributed by atoms with Gasteiger partial charge in [-0.2, -0.15) is 0 Å². The molecular formula is C17H20O. The summed E-state index contributed by atoms with van der Waals surface area (Å²) < 4.78 is 5.86. The molecule has 1 heteroatoms. The molecule has 0 bridgehead atoms. The molecule has 2 aromatic rings. The van der Waals surface area contributed by atoms with Crippen LogP contribution in [0, 0.1) is 13.8 Å². The lowest BCUT2D eigenvalue weighted by atomic mass is 10.0. The minimum Gasteiger partial charge on any atom is -0.489 e. The Morgan fingerprint density at radius 3 is 2.44 bits per heavy atom. The highest BCUT2D eigenvalue weighted by Crippen LogP contribution is 2.19. The number of hydrogen-bond donors (Lipinski definition) is 0. The molecule has 0 fully saturated rings. The maximum absolute atomic E-state index is 5.86. The Balaban J connectivity index is 2.09. The van der Waals surface area contributed by atoms with E-state index in [9.17, 15) is 0 Å². The van der Waals surface area contributed by atoms with Crippen molar-refractivity contribution in [2.45, 2.75) is 33.8 Å². The van der Waals surface area contributed by atoms with Crippen LogP contribution in [0.15, 0.2) is 42.5 Å². The lowest BCUT2D eigenvalue weighted by Gasteiger charge is -2.10. The first-order valence-corrected chi connectivity index (χ1v) is 6.47. The molecule has 0 atom stereocenters. The highest BCUT2D eigenvalue weighted by Gasteiger charge is 2.01. The van der Waals surface area contributed by atoms with Crippen molar-refractivity contribution in [3.63, 3.8) is 0 Å². The van der Waals surface area contributed by atoms with Crippen molar-refractivity contribution in [2.24, 2.45) is 0 Å². The Morgan fingerprint density at radius 2 is 1.72 bits per heavy atom. The van der Waals surface area contributed by atoms with E-state index in [2.05, 4.69) is 45.0 Å². The van der Waals surface area contributed by atoms with E-state index < -0.39 is 0 Å². The second kappa shape index (κ2) is 5.72. The molecule has 0 spiro atoms. The molecule has 0 amide bonds. The molecule has 0 N–H and O–H groups in total. The maximum atomic E-state index is 5.86. The standard InChI is InChI=1S/C17H20O/c1-4-16-11-15(10-9-13(16)2)12-18-17-8-6-5-7-14(17)3/h5-11H,4,12H2,1-3H3. The number of para-hydroxylation sites is 1. The van der Waals surface area contributed by atoms with Crippen molar-refractivity contribution >= 4 is 0 Å². The summed E-state index contributed by atoms with van der Waals surface area (Å²) in [5.41, 5.74) is 5.18. The first kappa shape index (κ1) is 12.7. The summed E-state index contributed by atoms with van der Waals surface area (Å²) in [5.74, 6) is 0.969. The number of hydrogen-bond acceptors (Lipinski definition) is 1. The monoisotopic (exact) mass is 240 g/mol. The average molecular weight is 240 g/mol. The van der Waals surface area contributed by atoms with Crippen LogP contribution in [0.1, 0.15) is 29.2 Å². The molecule has 2 aromatic carbocycles. The third kappa shape index (κ3) is 2.92. The van der Waals surface area contributed by atoms with Gasteiger partial charge in [0.1, 0.15) is 12.4 Å². The predicted octanol–water partition coefficient (Wildman–Crippen LogP) is 4.44. The third-order valence-corrected chi connectivity index (χ3v) is 3.28. The summed E-state index contributed by atoms with van der Waals surface area (Å²) in [4.78, 5) is 0. The van der Waals surface area contributed by atoms with Crippen molar-refractivity contribution in [3.05, 3.63) is 64.7 Å². The zero-order valence-electron chi connectivity index (χ0n) is 11.4. The van der Waals surface area contributed by atoms with Crippen LogP contribution in [-0.2, 0) is 13.0 Å². The summed E-state index contributed by atoms with van der Waals surface area (Å²) in [6.07, 6.45) is 1.07. The summed E-state index contributed by atoms with van der Waals surface area (Å²) in [6.45, 7) is 7.05. The van der Waals surface area contributed by atoms with E-state index in [1.54, 1.807) is 0 Å². The van der Waals surface area contributed by atoms with Gasteiger partial charge in [-0.05, 0) is 48.6 Å². The fourth-order valence-electron chi connectivity index (χ4n) is 2.07. The van der Waals surface area contributed by atoms with Crippen LogP contribution in [-0.4, -0.2) is 0 Å². The molecule has 0 unspecified atom stereocenters. The van der Waals surface area contributed by atoms with E-state index >= 15 is 0 Å². The number of ether oxygens (including phenoxy) is 1. The normalized spacial score (nSPS) is 10.4. The van der Waals surface area contributed by atoms with E-state index in [0.717, 1.165) is 12.2 Å². The van der Waals surface area contributed by atoms with Gasteiger partial charge in [0.2, 0.25) is 0 Å². The van der Waals surface area contributed by atoms with Gasteiger partial charge in [-0.25, -0.2) is 0 Å². The lowest BCUT2D eigenvalue weighted by molar-refractivity contribution is 0.304. The molecule has 0 aliphatic carbocycles. The van der Waals surface area contributed by atoms with Crippen LogP contribution in [0.2, 0.25) is 0 Å². The number of benzene rings is 2. The van der Waals surface area contributed by atoms with E-state index in [-0.39, 0.29) is 0 Å². The largest absolute Gasteiger partial charge is 0.489 e. The zero-order valence-corrected chi connectivity index (χ0v) is 11.4. The summed E-state index contributed by atoms with van der Waals surface area (Å²) in [6, 6.07) is 14.7. The van der Waals surface area contributed by atoms with Crippen LogP contribution >= 0.6 is 0 Å². The van der Waals surface area contributed by atoms with Crippen molar-refractivity contribution in [2.75, 3.05) is 0 Å². The van der Waals surface area contributed by atoms with Crippen LogP contribution in [0.5, 0.6) is 5.75 Å². The quantitative estimate of drug-likeness (QED) is 0.767. The zero-order chi connectivity index (χ0) is 13.0. The Hall–Kier alpha value is -1.76. The van der Waals surface area contributed by atoms with Crippen molar-refractivity contribution in [3.8, 4) is 5.75 Å². The second-order valence-electron chi connectivity index (χ2n) is 4.67. The first-order valence-electron chi connectivity index (χ1n) is 6.47.